The van der Waals surface area contributed by atoms with Crippen molar-refractivity contribution in [1.29, 1.82) is 0 Å². The molecule has 0 aromatic heterocycles. The third-order valence-electron chi connectivity index (χ3n) is 6.67. The van der Waals surface area contributed by atoms with Gasteiger partial charge in [-0.25, -0.2) is 9.59 Å². The molecule has 0 heterocycles. The number of carbonyl (C=O) groups excluding carboxylic acids is 6. The van der Waals surface area contributed by atoms with Gasteiger partial charge in [0.15, 0.2) is 47.8 Å². The van der Waals surface area contributed by atoms with E-state index in [1.54, 1.807) is 12.1 Å². The second kappa shape index (κ2) is 18.3. The van der Waals surface area contributed by atoms with Crippen molar-refractivity contribution < 1.29 is 66.7 Å². The molecule has 0 saturated heterocycles. The van der Waals surface area contributed by atoms with E-state index in [0.29, 0.717) is 11.1 Å². The lowest BCUT2D eigenvalue weighted by atomic mass is 9.73. The SMILES string of the molecule is COC(=O)COc1ccc(/C=C/C(=O)C(CC(=O)OC)(CC(=O)OC)C(=O)/C=C/c2ccc(OCC(=O)OC)c(OC)c2)cc1OC. The lowest BCUT2D eigenvalue weighted by Crippen LogP contribution is -2.42. The van der Waals surface area contributed by atoms with E-state index in [1.807, 2.05) is 0 Å². The van der Waals surface area contributed by atoms with Crippen molar-refractivity contribution in [2.45, 2.75) is 12.8 Å². The zero-order chi connectivity index (χ0) is 35.0. The predicted octanol–water partition coefficient (Wildman–Crippen LogP) is 2.78. The van der Waals surface area contributed by atoms with Gasteiger partial charge in [0.25, 0.3) is 0 Å². The van der Waals surface area contributed by atoms with Gasteiger partial charge in [-0.3, -0.25) is 19.2 Å². The van der Waals surface area contributed by atoms with Crippen LogP contribution in [-0.2, 0) is 47.7 Å². The first-order valence-corrected chi connectivity index (χ1v) is 13.8. The van der Waals surface area contributed by atoms with Gasteiger partial charge >= 0.3 is 23.9 Å². The number of rotatable bonds is 18. The van der Waals surface area contributed by atoms with Crippen LogP contribution in [0.25, 0.3) is 12.2 Å². The van der Waals surface area contributed by atoms with E-state index in [1.165, 1.54) is 64.9 Å². The Bertz CT molecular complexity index is 1410. The summed E-state index contributed by atoms with van der Waals surface area (Å²) in [4.78, 5) is 75.5. The van der Waals surface area contributed by atoms with E-state index in [0.717, 1.165) is 26.4 Å². The standard InChI is InChI=1S/C33H36O14/c1-40-25-15-21(7-11-23(25)46-19-31(38)44-5)9-13-27(34)33(17-29(36)42-3,18-30(37)43-4)28(35)14-10-22-8-12-24(26(16-22)41-2)47-20-32(39)45-6/h7-16H,17-20H2,1-6H3/b13-9+,14-10+. The number of esters is 4. The summed E-state index contributed by atoms with van der Waals surface area (Å²) in [7, 11) is 7.35. The molecule has 0 amide bonds. The van der Waals surface area contributed by atoms with Crippen molar-refractivity contribution in [2.75, 3.05) is 55.9 Å². The highest BCUT2D eigenvalue weighted by atomic mass is 16.6. The van der Waals surface area contributed by atoms with Crippen LogP contribution in [0.5, 0.6) is 23.0 Å². The van der Waals surface area contributed by atoms with Gasteiger partial charge in [-0.05, 0) is 47.5 Å². The Kier molecular flexibility index (Phi) is 14.6. The van der Waals surface area contributed by atoms with Crippen LogP contribution in [0.1, 0.15) is 24.0 Å². The summed E-state index contributed by atoms with van der Waals surface area (Å²) < 4.78 is 40.0. The fourth-order valence-electron chi connectivity index (χ4n) is 4.04. The molecule has 2 aromatic rings. The minimum atomic E-state index is -2.23. The van der Waals surface area contributed by atoms with Crippen LogP contribution in [0, 0.1) is 5.41 Å². The first-order valence-electron chi connectivity index (χ1n) is 13.8. The molecule has 0 atom stereocenters. The van der Waals surface area contributed by atoms with Gasteiger partial charge in [-0.15, -0.1) is 0 Å². The zero-order valence-corrected chi connectivity index (χ0v) is 26.8. The molecule has 0 unspecified atom stereocenters. The zero-order valence-electron chi connectivity index (χ0n) is 26.8. The van der Waals surface area contributed by atoms with Crippen LogP contribution in [-0.4, -0.2) is 91.3 Å². The normalized spacial score (nSPS) is 11.0. The van der Waals surface area contributed by atoms with Crippen molar-refractivity contribution in [3.05, 3.63) is 59.7 Å². The van der Waals surface area contributed by atoms with Gasteiger partial charge in [0.1, 0.15) is 5.41 Å². The topological polar surface area (TPSA) is 176 Å². The molecule has 0 saturated carbocycles. The molecule has 0 aliphatic heterocycles. The number of methoxy groups -OCH3 is 6. The monoisotopic (exact) mass is 656 g/mol. The summed E-state index contributed by atoms with van der Waals surface area (Å²) in [5.74, 6) is -3.87. The third-order valence-corrected chi connectivity index (χ3v) is 6.67. The van der Waals surface area contributed by atoms with Crippen LogP contribution in [0.3, 0.4) is 0 Å². The highest BCUT2D eigenvalue weighted by Crippen LogP contribution is 2.34. The summed E-state index contributed by atoms with van der Waals surface area (Å²) in [6, 6.07) is 9.11. The van der Waals surface area contributed by atoms with Crippen molar-refractivity contribution in [3.63, 3.8) is 0 Å². The fraction of sp³-hybridized carbons (Fsp3) is 0.333. The number of carbonyl (C=O) groups is 6. The molecule has 0 aliphatic rings. The molecule has 2 aromatic carbocycles. The van der Waals surface area contributed by atoms with Gasteiger partial charge in [-0.1, -0.05) is 24.3 Å². The fourth-order valence-corrected chi connectivity index (χ4v) is 4.04. The highest BCUT2D eigenvalue weighted by molar-refractivity contribution is 6.20. The van der Waals surface area contributed by atoms with Gasteiger partial charge in [0.05, 0.1) is 55.5 Å². The summed E-state index contributed by atoms with van der Waals surface area (Å²) in [6.45, 7) is -0.723. The second-order valence-corrected chi connectivity index (χ2v) is 9.53. The van der Waals surface area contributed by atoms with E-state index in [4.69, 9.17) is 28.4 Å². The first kappa shape index (κ1) is 37.5. The third kappa shape index (κ3) is 10.7. The maximum atomic E-state index is 13.8. The van der Waals surface area contributed by atoms with Gasteiger partial charge in [-0.2, -0.15) is 0 Å². The minimum absolute atomic E-state index is 0.229. The molecular weight excluding hydrogens is 620 g/mol. The maximum Gasteiger partial charge on any atom is 0.343 e. The molecule has 47 heavy (non-hydrogen) atoms. The lowest BCUT2D eigenvalue weighted by Gasteiger charge is -2.26. The summed E-state index contributed by atoms with van der Waals surface area (Å²) >= 11 is 0. The quantitative estimate of drug-likeness (QED) is 0.0990. The molecule has 0 radical (unpaired) electrons. The van der Waals surface area contributed by atoms with Crippen molar-refractivity contribution in [3.8, 4) is 23.0 Å². The molecule has 0 N–H and O–H groups in total. The Morgan fingerprint density at radius 2 is 0.894 bits per heavy atom. The minimum Gasteiger partial charge on any atom is -0.493 e. The molecule has 14 nitrogen and oxygen atoms in total. The number of hydrogen-bond acceptors (Lipinski definition) is 14. The highest BCUT2D eigenvalue weighted by Gasteiger charge is 2.47. The van der Waals surface area contributed by atoms with Crippen LogP contribution in [0.2, 0.25) is 0 Å². The van der Waals surface area contributed by atoms with Gasteiger partial charge < -0.3 is 37.9 Å². The molecule has 252 valence electrons. The summed E-state index contributed by atoms with van der Waals surface area (Å²) in [5, 5.41) is 0. The second-order valence-electron chi connectivity index (χ2n) is 9.53. The van der Waals surface area contributed by atoms with Crippen LogP contribution in [0.4, 0.5) is 0 Å². The number of hydrogen-bond donors (Lipinski definition) is 0. The number of allylic oxidation sites excluding steroid dienone is 2. The Morgan fingerprint density at radius 3 is 1.21 bits per heavy atom. The van der Waals surface area contributed by atoms with Crippen molar-refractivity contribution in [2.24, 2.45) is 5.41 Å². The van der Waals surface area contributed by atoms with Gasteiger partial charge in [0, 0.05) is 0 Å². The average molecular weight is 657 g/mol. The molecule has 14 heteroatoms. The Hall–Kier alpha value is -5.66. The maximum absolute atomic E-state index is 13.8. The van der Waals surface area contributed by atoms with E-state index in [9.17, 15) is 28.8 Å². The summed E-state index contributed by atoms with van der Waals surface area (Å²) in [6.07, 6.45) is 3.28. The van der Waals surface area contributed by atoms with Crippen LogP contribution >= 0.6 is 0 Å². The Labute approximate surface area is 271 Å². The van der Waals surface area contributed by atoms with Crippen molar-refractivity contribution in [1.82, 2.24) is 0 Å². The molecule has 0 fully saturated rings. The summed E-state index contributed by atoms with van der Waals surface area (Å²) in [5.41, 5.74) is -1.38. The Balaban J connectivity index is 2.48. The molecule has 0 aliphatic carbocycles. The van der Waals surface area contributed by atoms with Crippen molar-refractivity contribution >= 4 is 47.6 Å². The van der Waals surface area contributed by atoms with E-state index in [-0.39, 0.29) is 36.2 Å². The predicted molar refractivity (Wildman–Crippen MR) is 165 cm³/mol. The van der Waals surface area contributed by atoms with E-state index in [2.05, 4.69) is 9.47 Å². The van der Waals surface area contributed by atoms with Gasteiger partial charge in [0.2, 0.25) is 0 Å². The molecule has 0 bridgehead atoms. The lowest BCUT2D eigenvalue weighted by molar-refractivity contribution is -0.155. The smallest absolute Gasteiger partial charge is 0.343 e. The molecule has 2 rings (SSSR count). The molecule has 0 spiro atoms. The average Bonchev–Trinajstić information content (AvgIpc) is 3.09. The van der Waals surface area contributed by atoms with Crippen LogP contribution in [0.15, 0.2) is 48.6 Å². The van der Waals surface area contributed by atoms with Crippen LogP contribution < -0.4 is 18.9 Å². The number of benzene rings is 2. The van der Waals surface area contributed by atoms with E-state index < -0.39 is 53.7 Å². The molecular formula is C33H36O14. The number of ketones is 2. The van der Waals surface area contributed by atoms with E-state index >= 15 is 0 Å². The largest absolute Gasteiger partial charge is 0.493 e. The first-order chi connectivity index (χ1) is 22.5. The number of ether oxygens (including phenoxy) is 8. The Morgan fingerprint density at radius 1 is 0.532 bits per heavy atom.